The summed E-state index contributed by atoms with van der Waals surface area (Å²) in [5.74, 6) is 1.53. The van der Waals surface area contributed by atoms with Crippen LogP contribution in [-0.4, -0.2) is 17.8 Å². The van der Waals surface area contributed by atoms with Gasteiger partial charge in [-0.3, -0.25) is 0 Å². The third kappa shape index (κ3) is 2.10. The van der Waals surface area contributed by atoms with Gasteiger partial charge >= 0.3 is 0 Å². The van der Waals surface area contributed by atoms with Crippen molar-refractivity contribution in [2.45, 2.75) is 37.7 Å². The van der Waals surface area contributed by atoms with E-state index in [2.05, 4.69) is 40.2 Å². The summed E-state index contributed by atoms with van der Waals surface area (Å²) in [6.07, 6.45) is 8.65. The van der Waals surface area contributed by atoms with Gasteiger partial charge in [0.15, 0.2) is 0 Å². The van der Waals surface area contributed by atoms with Gasteiger partial charge in [-0.2, -0.15) is 0 Å². The monoisotopic (exact) mass is 308 g/mol. The number of halogens is 1. The van der Waals surface area contributed by atoms with Crippen molar-refractivity contribution in [1.82, 2.24) is 0 Å². The van der Waals surface area contributed by atoms with Gasteiger partial charge in [0.25, 0.3) is 0 Å². The number of aryl methyl sites for hydroxylation is 1. The Labute approximate surface area is 116 Å². The van der Waals surface area contributed by atoms with Crippen LogP contribution in [0.1, 0.15) is 36.3 Å². The van der Waals surface area contributed by atoms with Gasteiger partial charge in [0.1, 0.15) is 11.9 Å². The lowest BCUT2D eigenvalue weighted by molar-refractivity contribution is 0.230. The average molecular weight is 309 g/mol. The number of hydrogen-bond donors (Lipinski definition) is 1. The number of rotatable bonds is 4. The van der Waals surface area contributed by atoms with E-state index in [0.717, 1.165) is 35.9 Å². The first-order valence-corrected chi connectivity index (χ1v) is 7.35. The number of hydrogen-bond acceptors (Lipinski definition) is 2. The summed E-state index contributed by atoms with van der Waals surface area (Å²) in [6.45, 7) is 0.269. The second-order valence-corrected chi connectivity index (χ2v) is 5.93. The number of fused-ring (bicyclic) bond motifs is 3. The molecule has 1 aliphatic heterocycles. The minimum Gasteiger partial charge on any atom is -0.489 e. The van der Waals surface area contributed by atoms with Gasteiger partial charge < -0.3 is 9.84 Å². The van der Waals surface area contributed by atoms with Gasteiger partial charge in [0, 0.05) is 29.0 Å². The maximum absolute atomic E-state index is 8.87. The van der Waals surface area contributed by atoms with E-state index >= 15 is 0 Å². The van der Waals surface area contributed by atoms with Crippen LogP contribution in [0.3, 0.4) is 0 Å². The standard InChI is InChI=1S/C15H17BrO2/c16-11-8-10(4-1-2-7-17)15-13(9-11)12-5-3-6-14(12)18-15/h3,5,8-9,12,14,17H,1-2,4,6-7H2/t12-,14-/m1/s1. The van der Waals surface area contributed by atoms with Crippen LogP contribution >= 0.6 is 15.9 Å². The first kappa shape index (κ1) is 12.2. The molecule has 0 aromatic heterocycles. The fourth-order valence-electron chi connectivity index (χ4n) is 2.88. The highest BCUT2D eigenvalue weighted by molar-refractivity contribution is 9.10. The maximum Gasteiger partial charge on any atom is 0.126 e. The lowest BCUT2D eigenvalue weighted by atomic mass is 9.95. The van der Waals surface area contributed by atoms with E-state index < -0.39 is 0 Å². The topological polar surface area (TPSA) is 29.5 Å². The molecule has 0 fully saturated rings. The smallest absolute Gasteiger partial charge is 0.126 e. The molecule has 3 rings (SSSR count). The summed E-state index contributed by atoms with van der Waals surface area (Å²) in [6, 6.07) is 4.34. The van der Waals surface area contributed by atoms with Crippen molar-refractivity contribution >= 4 is 15.9 Å². The third-order valence-corrected chi connectivity index (χ3v) is 4.21. The number of ether oxygens (including phenoxy) is 1. The van der Waals surface area contributed by atoms with E-state index in [1.165, 1.54) is 11.1 Å². The van der Waals surface area contributed by atoms with Crippen LogP contribution in [0.15, 0.2) is 28.8 Å². The zero-order valence-electron chi connectivity index (χ0n) is 10.2. The van der Waals surface area contributed by atoms with Gasteiger partial charge in [0.2, 0.25) is 0 Å². The zero-order chi connectivity index (χ0) is 12.5. The predicted molar refractivity (Wildman–Crippen MR) is 75.1 cm³/mol. The predicted octanol–water partition coefficient (Wildman–Crippen LogP) is 3.57. The quantitative estimate of drug-likeness (QED) is 0.680. The SMILES string of the molecule is OCCCCc1cc(Br)cc2c1O[C@@H]1CC=C[C@H]21. The van der Waals surface area contributed by atoms with Crippen molar-refractivity contribution in [3.8, 4) is 5.75 Å². The van der Waals surface area contributed by atoms with Gasteiger partial charge in [-0.1, -0.05) is 28.1 Å². The van der Waals surface area contributed by atoms with Crippen molar-refractivity contribution in [1.29, 1.82) is 0 Å². The minimum atomic E-state index is 0.269. The van der Waals surface area contributed by atoms with Crippen molar-refractivity contribution in [3.63, 3.8) is 0 Å². The molecule has 0 radical (unpaired) electrons. The van der Waals surface area contributed by atoms with E-state index in [0.29, 0.717) is 12.0 Å². The molecule has 0 saturated carbocycles. The maximum atomic E-state index is 8.87. The van der Waals surface area contributed by atoms with E-state index in [4.69, 9.17) is 9.84 Å². The molecule has 2 nitrogen and oxygen atoms in total. The molecule has 2 atom stereocenters. The highest BCUT2D eigenvalue weighted by Crippen LogP contribution is 2.46. The van der Waals surface area contributed by atoms with Crippen LogP contribution in [0.5, 0.6) is 5.75 Å². The van der Waals surface area contributed by atoms with Crippen molar-refractivity contribution in [2.75, 3.05) is 6.61 Å². The number of unbranched alkanes of at least 4 members (excludes halogenated alkanes) is 1. The first-order valence-electron chi connectivity index (χ1n) is 6.56. The highest BCUT2D eigenvalue weighted by atomic mass is 79.9. The zero-order valence-corrected chi connectivity index (χ0v) is 11.8. The Balaban J connectivity index is 1.89. The molecule has 96 valence electrons. The Morgan fingerprint density at radius 1 is 1.33 bits per heavy atom. The second-order valence-electron chi connectivity index (χ2n) is 5.01. The van der Waals surface area contributed by atoms with Gasteiger partial charge in [0.05, 0.1) is 0 Å². The Morgan fingerprint density at radius 3 is 3.06 bits per heavy atom. The van der Waals surface area contributed by atoms with Crippen LogP contribution in [0, 0.1) is 0 Å². The summed E-state index contributed by atoms with van der Waals surface area (Å²) in [4.78, 5) is 0. The molecular weight excluding hydrogens is 292 g/mol. The second kappa shape index (κ2) is 5.06. The van der Waals surface area contributed by atoms with Crippen LogP contribution in [-0.2, 0) is 6.42 Å². The number of benzene rings is 1. The molecule has 1 heterocycles. The normalized spacial score (nSPS) is 23.9. The Hall–Kier alpha value is -0.800. The molecular formula is C15H17BrO2. The summed E-state index contributed by atoms with van der Waals surface area (Å²) >= 11 is 3.59. The Kier molecular flexibility index (Phi) is 3.44. The Morgan fingerprint density at radius 2 is 2.22 bits per heavy atom. The lowest BCUT2D eigenvalue weighted by Gasteiger charge is -2.10. The van der Waals surface area contributed by atoms with Crippen LogP contribution < -0.4 is 4.74 Å². The van der Waals surface area contributed by atoms with Crippen molar-refractivity contribution in [2.24, 2.45) is 0 Å². The molecule has 3 heteroatoms. The van der Waals surface area contributed by atoms with Crippen molar-refractivity contribution in [3.05, 3.63) is 39.9 Å². The number of aliphatic hydroxyl groups is 1. The fraction of sp³-hybridized carbons (Fsp3) is 0.467. The number of aliphatic hydroxyl groups excluding tert-OH is 1. The Bertz CT molecular complexity index is 482. The van der Waals surface area contributed by atoms with Crippen molar-refractivity contribution < 1.29 is 9.84 Å². The lowest BCUT2D eigenvalue weighted by Crippen LogP contribution is -2.11. The van der Waals surface area contributed by atoms with E-state index in [-0.39, 0.29) is 6.61 Å². The molecule has 0 saturated heterocycles. The van der Waals surface area contributed by atoms with Crippen LogP contribution in [0.4, 0.5) is 0 Å². The summed E-state index contributed by atoms with van der Waals surface area (Å²) < 4.78 is 7.23. The largest absolute Gasteiger partial charge is 0.489 e. The molecule has 2 aliphatic rings. The highest BCUT2D eigenvalue weighted by Gasteiger charge is 2.36. The van der Waals surface area contributed by atoms with Crippen LogP contribution in [0.2, 0.25) is 0 Å². The summed E-state index contributed by atoms with van der Waals surface area (Å²) in [5, 5.41) is 8.87. The molecule has 0 bridgehead atoms. The summed E-state index contributed by atoms with van der Waals surface area (Å²) in [7, 11) is 0. The third-order valence-electron chi connectivity index (χ3n) is 3.75. The molecule has 18 heavy (non-hydrogen) atoms. The molecule has 0 spiro atoms. The van der Waals surface area contributed by atoms with E-state index in [1.807, 2.05) is 0 Å². The van der Waals surface area contributed by atoms with Crippen LogP contribution in [0.25, 0.3) is 0 Å². The summed E-state index contributed by atoms with van der Waals surface area (Å²) in [5.41, 5.74) is 2.60. The average Bonchev–Trinajstić information content (AvgIpc) is 2.91. The van der Waals surface area contributed by atoms with E-state index in [1.54, 1.807) is 0 Å². The van der Waals surface area contributed by atoms with Gasteiger partial charge in [-0.25, -0.2) is 0 Å². The first-order chi connectivity index (χ1) is 8.79. The van der Waals surface area contributed by atoms with Gasteiger partial charge in [-0.05, 0) is 37.0 Å². The molecule has 1 aliphatic carbocycles. The molecule has 0 amide bonds. The molecule has 1 aromatic rings. The fourth-order valence-corrected chi connectivity index (χ4v) is 3.41. The van der Waals surface area contributed by atoms with E-state index in [9.17, 15) is 0 Å². The molecule has 1 N–H and O–H groups in total. The molecule has 0 unspecified atom stereocenters. The van der Waals surface area contributed by atoms with Gasteiger partial charge in [-0.15, -0.1) is 0 Å². The molecule has 1 aromatic carbocycles. The minimum absolute atomic E-state index is 0.269.